The lowest BCUT2D eigenvalue weighted by Crippen LogP contribution is -2.09. The molecular formula is C11H14ClN5OS. The Morgan fingerprint density at radius 1 is 1.37 bits per heavy atom. The van der Waals surface area contributed by atoms with E-state index >= 15 is 0 Å². The van der Waals surface area contributed by atoms with Gasteiger partial charge in [-0.2, -0.15) is 15.0 Å². The van der Waals surface area contributed by atoms with E-state index in [0.717, 1.165) is 15.6 Å². The quantitative estimate of drug-likeness (QED) is 0.852. The molecule has 8 heteroatoms. The Labute approximate surface area is 120 Å². The van der Waals surface area contributed by atoms with E-state index in [0.29, 0.717) is 19.1 Å². The number of thiophene rings is 1. The van der Waals surface area contributed by atoms with Crippen LogP contribution in [-0.2, 0) is 6.54 Å². The summed E-state index contributed by atoms with van der Waals surface area (Å²) in [5, 5.41) is 3.06. The first-order valence-electron chi connectivity index (χ1n) is 5.80. The molecule has 0 saturated heterocycles. The Kier molecular flexibility index (Phi) is 4.75. The normalized spacial score (nSPS) is 10.4. The molecule has 0 aliphatic carbocycles. The van der Waals surface area contributed by atoms with Gasteiger partial charge in [-0.05, 0) is 18.6 Å². The second-order valence-corrected chi connectivity index (χ2v) is 5.51. The number of nitrogens with one attached hydrogen (secondary N) is 1. The van der Waals surface area contributed by atoms with Gasteiger partial charge in [0.15, 0.2) is 0 Å². The van der Waals surface area contributed by atoms with Crippen molar-refractivity contribution in [3.05, 3.63) is 21.3 Å². The van der Waals surface area contributed by atoms with Crippen LogP contribution in [0.15, 0.2) is 12.1 Å². The van der Waals surface area contributed by atoms with Crippen LogP contribution in [0, 0.1) is 0 Å². The number of nitrogen functional groups attached to an aromatic ring is 1. The Morgan fingerprint density at radius 3 is 2.89 bits per heavy atom. The van der Waals surface area contributed by atoms with E-state index in [9.17, 15) is 0 Å². The van der Waals surface area contributed by atoms with Crippen molar-refractivity contribution in [3.63, 3.8) is 0 Å². The first kappa shape index (κ1) is 13.8. The molecule has 0 atom stereocenters. The summed E-state index contributed by atoms with van der Waals surface area (Å²) >= 11 is 7.36. The summed E-state index contributed by atoms with van der Waals surface area (Å²) in [6, 6.07) is 4.03. The molecule has 0 spiro atoms. The van der Waals surface area contributed by atoms with Crippen LogP contribution < -0.4 is 15.8 Å². The van der Waals surface area contributed by atoms with Gasteiger partial charge >= 0.3 is 6.01 Å². The van der Waals surface area contributed by atoms with Crippen molar-refractivity contribution in [3.8, 4) is 6.01 Å². The maximum atomic E-state index is 5.86. The maximum absolute atomic E-state index is 5.86. The lowest BCUT2D eigenvalue weighted by Gasteiger charge is -2.06. The van der Waals surface area contributed by atoms with Crippen LogP contribution >= 0.6 is 22.9 Å². The second-order valence-electron chi connectivity index (χ2n) is 3.71. The number of rotatable bonds is 6. The number of nitrogens with two attached hydrogens (primary N) is 1. The number of hydrogen-bond acceptors (Lipinski definition) is 7. The lowest BCUT2D eigenvalue weighted by atomic mass is 10.5. The van der Waals surface area contributed by atoms with Gasteiger partial charge < -0.3 is 15.8 Å². The Bertz CT molecular complexity index is 548. The summed E-state index contributed by atoms with van der Waals surface area (Å²) in [6.07, 6.45) is 0.877. The van der Waals surface area contributed by atoms with Crippen molar-refractivity contribution in [2.45, 2.75) is 19.9 Å². The Morgan fingerprint density at radius 2 is 2.21 bits per heavy atom. The smallest absolute Gasteiger partial charge is 0.323 e. The average Bonchev–Trinajstić information content (AvgIpc) is 2.79. The molecule has 0 radical (unpaired) electrons. The molecule has 2 rings (SSSR count). The standard InChI is InChI=1S/C11H14ClN5OS/c1-2-5-18-11-16-9(13)15-10(17-11)14-6-7-3-4-8(12)19-7/h3-4H,2,5-6H2,1H3,(H3,13,14,15,16,17). The molecule has 0 aliphatic heterocycles. The first-order chi connectivity index (χ1) is 9.17. The zero-order valence-corrected chi connectivity index (χ0v) is 12.0. The van der Waals surface area contributed by atoms with E-state index in [-0.39, 0.29) is 12.0 Å². The molecule has 0 unspecified atom stereocenters. The number of halogens is 1. The van der Waals surface area contributed by atoms with Gasteiger partial charge in [-0.3, -0.25) is 0 Å². The van der Waals surface area contributed by atoms with Crippen molar-refractivity contribution < 1.29 is 4.74 Å². The fourth-order valence-corrected chi connectivity index (χ4v) is 2.35. The third kappa shape index (κ3) is 4.22. The highest BCUT2D eigenvalue weighted by atomic mass is 35.5. The van der Waals surface area contributed by atoms with Crippen LogP contribution in [-0.4, -0.2) is 21.6 Å². The summed E-state index contributed by atoms with van der Waals surface area (Å²) < 4.78 is 6.08. The molecule has 19 heavy (non-hydrogen) atoms. The van der Waals surface area contributed by atoms with Gasteiger partial charge in [0.25, 0.3) is 0 Å². The number of hydrogen-bond donors (Lipinski definition) is 2. The molecule has 0 bridgehead atoms. The van der Waals surface area contributed by atoms with E-state index in [1.165, 1.54) is 11.3 Å². The fourth-order valence-electron chi connectivity index (χ4n) is 1.32. The number of aromatic nitrogens is 3. The van der Waals surface area contributed by atoms with E-state index in [1.807, 2.05) is 19.1 Å². The van der Waals surface area contributed by atoms with Crippen molar-refractivity contribution in [2.24, 2.45) is 0 Å². The van der Waals surface area contributed by atoms with E-state index in [1.54, 1.807) is 0 Å². The molecule has 0 fully saturated rings. The molecular weight excluding hydrogens is 286 g/mol. The zero-order valence-electron chi connectivity index (χ0n) is 10.4. The predicted octanol–water partition coefficient (Wildman–Crippen LogP) is 2.57. The number of anilines is 2. The van der Waals surface area contributed by atoms with Crippen molar-refractivity contribution in [2.75, 3.05) is 17.7 Å². The van der Waals surface area contributed by atoms with Crippen molar-refractivity contribution >= 4 is 34.8 Å². The highest BCUT2D eigenvalue weighted by molar-refractivity contribution is 7.16. The minimum absolute atomic E-state index is 0.132. The molecule has 0 amide bonds. The van der Waals surface area contributed by atoms with Crippen molar-refractivity contribution in [1.29, 1.82) is 0 Å². The molecule has 6 nitrogen and oxygen atoms in total. The van der Waals surface area contributed by atoms with Gasteiger partial charge in [-0.15, -0.1) is 11.3 Å². The molecule has 0 aliphatic rings. The summed E-state index contributed by atoms with van der Waals surface area (Å²) in [4.78, 5) is 13.1. The molecule has 2 heterocycles. The third-order valence-corrected chi connectivity index (χ3v) is 3.35. The van der Waals surface area contributed by atoms with Crippen LogP contribution in [0.5, 0.6) is 6.01 Å². The molecule has 0 saturated carbocycles. The molecule has 3 N–H and O–H groups in total. The van der Waals surface area contributed by atoms with Crippen LogP contribution in [0.3, 0.4) is 0 Å². The monoisotopic (exact) mass is 299 g/mol. The van der Waals surface area contributed by atoms with Crippen LogP contribution in [0.2, 0.25) is 4.34 Å². The van der Waals surface area contributed by atoms with Gasteiger partial charge in [0.05, 0.1) is 17.5 Å². The van der Waals surface area contributed by atoms with Gasteiger partial charge in [0, 0.05) is 4.88 Å². The van der Waals surface area contributed by atoms with E-state index in [4.69, 9.17) is 22.1 Å². The fraction of sp³-hybridized carbons (Fsp3) is 0.364. The highest BCUT2D eigenvalue weighted by Crippen LogP contribution is 2.22. The van der Waals surface area contributed by atoms with Gasteiger partial charge in [0.2, 0.25) is 11.9 Å². The largest absolute Gasteiger partial charge is 0.463 e. The molecule has 102 valence electrons. The summed E-state index contributed by atoms with van der Waals surface area (Å²) in [7, 11) is 0. The van der Waals surface area contributed by atoms with E-state index in [2.05, 4.69) is 20.3 Å². The predicted molar refractivity (Wildman–Crippen MR) is 76.7 cm³/mol. The lowest BCUT2D eigenvalue weighted by molar-refractivity contribution is 0.292. The Balaban J connectivity index is 2.01. The number of nitrogens with zero attached hydrogens (tertiary/aromatic N) is 3. The minimum atomic E-state index is 0.132. The van der Waals surface area contributed by atoms with Crippen molar-refractivity contribution in [1.82, 2.24) is 15.0 Å². The van der Waals surface area contributed by atoms with E-state index < -0.39 is 0 Å². The van der Waals surface area contributed by atoms with Crippen LogP contribution in [0.25, 0.3) is 0 Å². The first-order valence-corrected chi connectivity index (χ1v) is 6.99. The zero-order chi connectivity index (χ0) is 13.7. The molecule has 0 aromatic carbocycles. The third-order valence-electron chi connectivity index (χ3n) is 2.12. The summed E-state index contributed by atoms with van der Waals surface area (Å²) in [5.74, 6) is 0.524. The number of ether oxygens (including phenoxy) is 1. The van der Waals surface area contributed by atoms with Gasteiger partial charge in [0.1, 0.15) is 0 Å². The van der Waals surface area contributed by atoms with Gasteiger partial charge in [-0.1, -0.05) is 18.5 Å². The molecule has 2 aromatic heterocycles. The second kappa shape index (κ2) is 6.53. The summed E-state index contributed by atoms with van der Waals surface area (Å²) in [6.45, 7) is 3.13. The summed E-state index contributed by atoms with van der Waals surface area (Å²) in [5.41, 5.74) is 5.60. The van der Waals surface area contributed by atoms with Crippen LogP contribution in [0.4, 0.5) is 11.9 Å². The van der Waals surface area contributed by atoms with Gasteiger partial charge in [-0.25, -0.2) is 0 Å². The average molecular weight is 300 g/mol. The topological polar surface area (TPSA) is 86.0 Å². The maximum Gasteiger partial charge on any atom is 0.323 e. The minimum Gasteiger partial charge on any atom is -0.463 e. The van der Waals surface area contributed by atoms with Crippen LogP contribution in [0.1, 0.15) is 18.2 Å². The SMILES string of the molecule is CCCOc1nc(N)nc(NCc2ccc(Cl)s2)n1. The molecule has 2 aromatic rings. The highest BCUT2D eigenvalue weighted by Gasteiger charge is 2.06. The Hall–Kier alpha value is -1.60.